The standard InChI is InChI=1S/C17H21N3/c1-13(17-12-18-8-9-20-17)19-7-6-14-10-15-4-2-3-5-16(15)11-14/h2-5,8-9,12-14,19H,6-7,10-11H2,1H3. The molecule has 0 bridgehead atoms. The van der Waals surface area contributed by atoms with Crippen LogP contribution >= 0.6 is 0 Å². The maximum atomic E-state index is 4.34. The Kier molecular flexibility index (Phi) is 4.07. The van der Waals surface area contributed by atoms with Crippen molar-refractivity contribution < 1.29 is 0 Å². The minimum atomic E-state index is 0.271. The molecule has 0 aliphatic heterocycles. The highest BCUT2D eigenvalue weighted by atomic mass is 14.9. The second kappa shape index (κ2) is 6.14. The van der Waals surface area contributed by atoms with Crippen LogP contribution in [0.3, 0.4) is 0 Å². The summed E-state index contributed by atoms with van der Waals surface area (Å²) < 4.78 is 0. The largest absolute Gasteiger partial charge is 0.309 e. The molecule has 1 aliphatic rings. The van der Waals surface area contributed by atoms with Gasteiger partial charge in [0, 0.05) is 24.6 Å². The van der Waals surface area contributed by atoms with Gasteiger partial charge in [-0.2, -0.15) is 0 Å². The first kappa shape index (κ1) is 13.3. The van der Waals surface area contributed by atoms with E-state index in [1.807, 2.05) is 6.20 Å². The Morgan fingerprint density at radius 2 is 1.95 bits per heavy atom. The molecule has 1 aromatic carbocycles. The van der Waals surface area contributed by atoms with E-state index >= 15 is 0 Å². The van der Waals surface area contributed by atoms with Crippen molar-refractivity contribution in [3.05, 3.63) is 59.7 Å². The quantitative estimate of drug-likeness (QED) is 0.905. The van der Waals surface area contributed by atoms with Gasteiger partial charge >= 0.3 is 0 Å². The van der Waals surface area contributed by atoms with Crippen LogP contribution in [-0.4, -0.2) is 16.5 Å². The number of nitrogens with zero attached hydrogens (tertiary/aromatic N) is 2. The molecule has 20 heavy (non-hydrogen) atoms. The zero-order valence-corrected chi connectivity index (χ0v) is 11.9. The number of aromatic nitrogens is 2. The lowest BCUT2D eigenvalue weighted by Crippen LogP contribution is -2.23. The highest BCUT2D eigenvalue weighted by Gasteiger charge is 2.20. The van der Waals surface area contributed by atoms with Crippen LogP contribution in [0, 0.1) is 5.92 Å². The molecule has 3 nitrogen and oxygen atoms in total. The van der Waals surface area contributed by atoms with Gasteiger partial charge in [0.1, 0.15) is 0 Å². The lowest BCUT2D eigenvalue weighted by molar-refractivity contribution is 0.457. The van der Waals surface area contributed by atoms with Crippen LogP contribution in [0.1, 0.15) is 36.2 Å². The topological polar surface area (TPSA) is 37.8 Å². The van der Waals surface area contributed by atoms with Crippen LogP contribution in [-0.2, 0) is 12.8 Å². The van der Waals surface area contributed by atoms with Crippen molar-refractivity contribution in [1.82, 2.24) is 15.3 Å². The highest BCUT2D eigenvalue weighted by molar-refractivity contribution is 5.31. The summed E-state index contributed by atoms with van der Waals surface area (Å²) in [5.74, 6) is 0.786. The summed E-state index contributed by atoms with van der Waals surface area (Å²) in [4.78, 5) is 8.45. The number of hydrogen-bond donors (Lipinski definition) is 1. The normalized spacial score (nSPS) is 16.1. The van der Waals surface area contributed by atoms with Crippen LogP contribution < -0.4 is 5.32 Å². The summed E-state index contributed by atoms with van der Waals surface area (Å²) in [5, 5.41) is 3.55. The van der Waals surface area contributed by atoms with E-state index in [0.717, 1.165) is 18.2 Å². The first-order chi connectivity index (χ1) is 9.83. The molecule has 0 saturated carbocycles. The fourth-order valence-corrected chi connectivity index (χ4v) is 3.00. The Morgan fingerprint density at radius 3 is 2.60 bits per heavy atom. The minimum absolute atomic E-state index is 0.271. The molecule has 0 saturated heterocycles. The smallest absolute Gasteiger partial charge is 0.0753 e. The van der Waals surface area contributed by atoms with Gasteiger partial charge < -0.3 is 5.32 Å². The third-order valence-electron chi connectivity index (χ3n) is 4.17. The van der Waals surface area contributed by atoms with Crippen molar-refractivity contribution in [2.45, 2.75) is 32.2 Å². The van der Waals surface area contributed by atoms with E-state index in [1.165, 1.54) is 19.3 Å². The number of nitrogens with one attached hydrogen (secondary N) is 1. The van der Waals surface area contributed by atoms with Crippen molar-refractivity contribution in [3.63, 3.8) is 0 Å². The van der Waals surface area contributed by atoms with Gasteiger partial charge in [0.25, 0.3) is 0 Å². The molecule has 104 valence electrons. The summed E-state index contributed by atoms with van der Waals surface area (Å²) in [7, 11) is 0. The van der Waals surface area contributed by atoms with E-state index in [0.29, 0.717) is 0 Å². The van der Waals surface area contributed by atoms with Crippen LogP contribution in [0.2, 0.25) is 0 Å². The summed E-state index contributed by atoms with van der Waals surface area (Å²) in [5.41, 5.74) is 4.10. The fourth-order valence-electron chi connectivity index (χ4n) is 3.00. The molecule has 1 atom stereocenters. The summed E-state index contributed by atoms with van der Waals surface area (Å²) in [6.45, 7) is 3.18. The predicted octanol–water partition coefficient (Wildman–Crippen LogP) is 2.93. The zero-order chi connectivity index (χ0) is 13.8. The molecule has 3 rings (SSSR count). The van der Waals surface area contributed by atoms with E-state index in [1.54, 1.807) is 23.5 Å². The predicted molar refractivity (Wildman–Crippen MR) is 80.4 cm³/mol. The second-order valence-corrected chi connectivity index (χ2v) is 5.64. The lowest BCUT2D eigenvalue weighted by Gasteiger charge is -2.15. The van der Waals surface area contributed by atoms with E-state index in [9.17, 15) is 0 Å². The number of fused-ring (bicyclic) bond motifs is 1. The molecule has 0 amide bonds. The van der Waals surface area contributed by atoms with Gasteiger partial charge in [0.15, 0.2) is 0 Å². The van der Waals surface area contributed by atoms with Crippen molar-refractivity contribution in [3.8, 4) is 0 Å². The van der Waals surface area contributed by atoms with Crippen LogP contribution in [0.15, 0.2) is 42.9 Å². The average Bonchev–Trinajstić information content (AvgIpc) is 2.90. The first-order valence-electron chi connectivity index (χ1n) is 7.39. The van der Waals surface area contributed by atoms with E-state index in [2.05, 4.69) is 46.5 Å². The van der Waals surface area contributed by atoms with Crippen molar-refractivity contribution in [2.75, 3.05) is 6.54 Å². The van der Waals surface area contributed by atoms with E-state index in [-0.39, 0.29) is 6.04 Å². The minimum Gasteiger partial charge on any atom is -0.309 e. The number of hydrogen-bond acceptors (Lipinski definition) is 3. The lowest BCUT2D eigenvalue weighted by atomic mass is 10.0. The summed E-state index contributed by atoms with van der Waals surface area (Å²) in [6, 6.07) is 9.11. The third-order valence-corrected chi connectivity index (χ3v) is 4.17. The van der Waals surface area contributed by atoms with Gasteiger partial charge in [-0.3, -0.25) is 9.97 Å². The summed E-state index contributed by atoms with van der Waals surface area (Å²) in [6.07, 6.45) is 8.99. The first-order valence-corrected chi connectivity index (χ1v) is 7.39. The molecule has 1 aliphatic carbocycles. The maximum absolute atomic E-state index is 4.34. The molecule has 2 aromatic rings. The number of benzene rings is 1. The van der Waals surface area contributed by atoms with Gasteiger partial charge in [-0.05, 0) is 49.8 Å². The average molecular weight is 267 g/mol. The van der Waals surface area contributed by atoms with Crippen molar-refractivity contribution in [1.29, 1.82) is 0 Å². The van der Waals surface area contributed by atoms with Gasteiger partial charge in [0.2, 0.25) is 0 Å². The monoisotopic (exact) mass is 267 g/mol. The van der Waals surface area contributed by atoms with Gasteiger partial charge in [-0.25, -0.2) is 0 Å². The van der Waals surface area contributed by atoms with Crippen molar-refractivity contribution >= 4 is 0 Å². The molecule has 3 heteroatoms. The van der Waals surface area contributed by atoms with Gasteiger partial charge in [-0.15, -0.1) is 0 Å². The van der Waals surface area contributed by atoms with Crippen LogP contribution in [0.4, 0.5) is 0 Å². The third kappa shape index (κ3) is 3.05. The van der Waals surface area contributed by atoms with Crippen LogP contribution in [0.5, 0.6) is 0 Å². The molecule has 0 spiro atoms. The molecule has 1 aromatic heterocycles. The Hall–Kier alpha value is -1.74. The van der Waals surface area contributed by atoms with Crippen molar-refractivity contribution in [2.24, 2.45) is 5.92 Å². The Morgan fingerprint density at radius 1 is 1.20 bits per heavy atom. The Labute approximate surface area is 120 Å². The molecular formula is C17H21N3. The van der Waals surface area contributed by atoms with Gasteiger partial charge in [0.05, 0.1) is 5.69 Å². The highest BCUT2D eigenvalue weighted by Crippen LogP contribution is 2.28. The van der Waals surface area contributed by atoms with Gasteiger partial charge in [-0.1, -0.05) is 24.3 Å². The Bertz CT molecular complexity index is 528. The van der Waals surface area contributed by atoms with Crippen LogP contribution in [0.25, 0.3) is 0 Å². The molecule has 0 radical (unpaired) electrons. The number of rotatable bonds is 5. The molecule has 1 heterocycles. The van der Waals surface area contributed by atoms with E-state index < -0.39 is 0 Å². The maximum Gasteiger partial charge on any atom is 0.0753 e. The Balaban J connectivity index is 1.46. The van der Waals surface area contributed by atoms with E-state index in [4.69, 9.17) is 0 Å². The summed E-state index contributed by atoms with van der Waals surface area (Å²) >= 11 is 0. The molecule has 0 fully saturated rings. The SMILES string of the molecule is CC(NCCC1Cc2ccccc2C1)c1cnccn1. The fraction of sp³-hybridized carbons (Fsp3) is 0.412. The molecular weight excluding hydrogens is 246 g/mol. The molecule has 1 unspecified atom stereocenters. The zero-order valence-electron chi connectivity index (χ0n) is 11.9. The molecule has 1 N–H and O–H groups in total. The second-order valence-electron chi connectivity index (χ2n) is 5.64.